The van der Waals surface area contributed by atoms with Crippen molar-refractivity contribution in [2.24, 2.45) is 0 Å². The van der Waals surface area contributed by atoms with Crippen LogP contribution in [0.5, 0.6) is 0 Å². The highest BCUT2D eigenvalue weighted by molar-refractivity contribution is 5.91. The fourth-order valence-corrected chi connectivity index (χ4v) is 5.32. The number of benzene rings is 2. The molecule has 0 saturated carbocycles. The summed E-state index contributed by atoms with van der Waals surface area (Å²) in [4.78, 5) is 31.4. The number of rotatable bonds is 8. The first-order valence-electron chi connectivity index (χ1n) is 14.5. The van der Waals surface area contributed by atoms with Crippen LogP contribution in [0.3, 0.4) is 0 Å². The summed E-state index contributed by atoms with van der Waals surface area (Å²) in [7, 11) is 4.16. The zero-order valence-corrected chi connectivity index (χ0v) is 24.1. The van der Waals surface area contributed by atoms with E-state index in [0.717, 1.165) is 78.6 Å². The number of nitrogens with zero attached hydrogens (tertiary/aromatic N) is 6. The van der Waals surface area contributed by atoms with Crippen LogP contribution in [-0.4, -0.2) is 68.9 Å². The first-order chi connectivity index (χ1) is 20.5. The number of hydrogen-bond donors (Lipinski definition) is 2. The lowest BCUT2D eigenvalue weighted by atomic mass is 10.1. The van der Waals surface area contributed by atoms with E-state index < -0.39 is 0 Å². The van der Waals surface area contributed by atoms with Crippen molar-refractivity contribution in [1.82, 2.24) is 29.2 Å². The molecule has 6 rings (SSSR count). The minimum Gasteiger partial charge on any atom is -0.325 e. The molecule has 2 amide bonds. The van der Waals surface area contributed by atoms with Crippen LogP contribution in [0.4, 0.5) is 22.1 Å². The standard InChI is InChI=1S/C33H36N8O/c1-39(2)21-16-24-10-8-12-26(22-24)35-32-34-17-15-28(37-32)31-30(38-29-14-4-7-20-41(29)31)25-11-9-13-27(23-25)36-33(42)40-18-5-3-6-19-40/h4,7-15,17,20,22-23H,3,5-6,16,18-19,21H2,1-2H3,(H,36,42)(H,34,35,37). The summed E-state index contributed by atoms with van der Waals surface area (Å²) in [5.41, 5.74) is 7.03. The van der Waals surface area contributed by atoms with E-state index >= 15 is 0 Å². The summed E-state index contributed by atoms with van der Waals surface area (Å²) in [5, 5.41) is 6.47. The average Bonchev–Trinajstić information content (AvgIpc) is 3.41. The maximum atomic E-state index is 12.9. The van der Waals surface area contributed by atoms with Crippen molar-refractivity contribution in [3.05, 3.63) is 90.8 Å². The summed E-state index contributed by atoms with van der Waals surface area (Å²) in [6.07, 6.45) is 8.01. The monoisotopic (exact) mass is 560 g/mol. The van der Waals surface area contributed by atoms with Crippen molar-refractivity contribution in [2.75, 3.05) is 44.4 Å². The number of pyridine rings is 1. The minimum absolute atomic E-state index is 0.0561. The Labute approximate surface area is 246 Å². The molecule has 9 nitrogen and oxygen atoms in total. The maximum Gasteiger partial charge on any atom is 0.321 e. The zero-order chi connectivity index (χ0) is 28.9. The molecule has 0 unspecified atom stereocenters. The van der Waals surface area contributed by atoms with Gasteiger partial charge in [-0.2, -0.15) is 0 Å². The van der Waals surface area contributed by atoms with Gasteiger partial charge in [0.05, 0.1) is 17.1 Å². The van der Waals surface area contributed by atoms with Crippen LogP contribution in [0, 0.1) is 0 Å². The number of carbonyl (C=O) groups excluding carboxylic acids is 1. The van der Waals surface area contributed by atoms with Gasteiger partial charge in [-0.1, -0.05) is 30.3 Å². The van der Waals surface area contributed by atoms with Gasteiger partial charge in [0, 0.05) is 49.0 Å². The van der Waals surface area contributed by atoms with Crippen LogP contribution in [-0.2, 0) is 6.42 Å². The summed E-state index contributed by atoms with van der Waals surface area (Å²) >= 11 is 0. The van der Waals surface area contributed by atoms with Crippen LogP contribution in [0.15, 0.2) is 85.2 Å². The number of imidazole rings is 1. The molecule has 0 atom stereocenters. The van der Waals surface area contributed by atoms with Gasteiger partial charge in [-0.05, 0) is 87.8 Å². The molecule has 9 heteroatoms. The van der Waals surface area contributed by atoms with E-state index in [4.69, 9.17) is 9.97 Å². The Morgan fingerprint density at radius 3 is 2.60 bits per heavy atom. The third-order valence-electron chi connectivity index (χ3n) is 7.49. The lowest BCUT2D eigenvalue weighted by molar-refractivity contribution is 0.200. The number of amides is 2. The Morgan fingerprint density at radius 2 is 1.74 bits per heavy atom. The van der Waals surface area contributed by atoms with Crippen molar-refractivity contribution in [1.29, 1.82) is 0 Å². The zero-order valence-electron chi connectivity index (χ0n) is 24.1. The van der Waals surface area contributed by atoms with Gasteiger partial charge in [0.1, 0.15) is 5.65 Å². The molecule has 5 aromatic rings. The van der Waals surface area contributed by atoms with E-state index in [1.807, 2.05) is 70.1 Å². The Balaban J connectivity index is 1.31. The largest absolute Gasteiger partial charge is 0.325 e. The molecule has 0 aliphatic carbocycles. The third-order valence-corrected chi connectivity index (χ3v) is 7.49. The number of urea groups is 1. The van der Waals surface area contributed by atoms with Crippen LogP contribution in [0.2, 0.25) is 0 Å². The molecule has 4 heterocycles. The van der Waals surface area contributed by atoms with Crippen LogP contribution < -0.4 is 10.6 Å². The smallest absolute Gasteiger partial charge is 0.321 e. The molecule has 214 valence electrons. The number of carbonyl (C=O) groups is 1. The van der Waals surface area contributed by atoms with Crippen LogP contribution in [0.25, 0.3) is 28.3 Å². The summed E-state index contributed by atoms with van der Waals surface area (Å²) in [6, 6.07) is 24.0. The van der Waals surface area contributed by atoms with Gasteiger partial charge in [0.25, 0.3) is 0 Å². The molecule has 0 bridgehead atoms. The summed E-state index contributed by atoms with van der Waals surface area (Å²) in [5.74, 6) is 0.511. The Bertz CT molecular complexity index is 1690. The number of aromatic nitrogens is 4. The van der Waals surface area contributed by atoms with Crippen LogP contribution >= 0.6 is 0 Å². The molecule has 1 aliphatic heterocycles. The van der Waals surface area contributed by atoms with Gasteiger partial charge in [-0.25, -0.2) is 19.7 Å². The number of likely N-dealkylation sites (N-methyl/N-ethyl adjacent to an activating group) is 1. The molecule has 1 fully saturated rings. The first-order valence-corrected chi connectivity index (χ1v) is 14.5. The van der Waals surface area contributed by atoms with E-state index in [-0.39, 0.29) is 6.03 Å². The molecule has 3 aromatic heterocycles. The molecular weight excluding hydrogens is 524 g/mol. The number of anilines is 3. The molecular formula is C33H36N8O. The van der Waals surface area contributed by atoms with E-state index in [1.54, 1.807) is 6.20 Å². The second-order valence-corrected chi connectivity index (χ2v) is 10.9. The van der Waals surface area contributed by atoms with E-state index in [9.17, 15) is 4.79 Å². The highest BCUT2D eigenvalue weighted by Gasteiger charge is 2.20. The molecule has 1 saturated heterocycles. The number of likely N-dealkylation sites (tertiary alicyclic amines) is 1. The van der Waals surface area contributed by atoms with Gasteiger partial charge in [-0.15, -0.1) is 0 Å². The SMILES string of the molecule is CN(C)CCc1cccc(Nc2nccc(-c3c(-c4cccc(NC(=O)N5CCCCC5)c4)nc4ccccn34)n2)c1. The summed E-state index contributed by atoms with van der Waals surface area (Å²) in [6.45, 7) is 2.58. The summed E-state index contributed by atoms with van der Waals surface area (Å²) < 4.78 is 2.04. The fourth-order valence-electron chi connectivity index (χ4n) is 5.32. The van der Waals surface area contributed by atoms with Gasteiger partial charge < -0.3 is 20.4 Å². The Kier molecular flexibility index (Phi) is 8.09. The molecule has 1 aliphatic rings. The fraction of sp³-hybridized carbons (Fsp3) is 0.273. The number of nitrogens with one attached hydrogen (secondary N) is 2. The predicted molar refractivity (Wildman–Crippen MR) is 168 cm³/mol. The number of hydrogen-bond acceptors (Lipinski definition) is 6. The van der Waals surface area contributed by atoms with E-state index in [1.165, 1.54) is 12.0 Å². The average molecular weight is 561 g/mol. The molecule has 2 N–H and O–H groups in total. The number of piperidine rings is 1. The van der Waals surface area contributed by atoms with Gasteiger partial charge in [0.2, 0.25) is 5.95 Å². The maximum absolute atomic E-state index is 12.9. The molecule has 0 spiro atoms. The second kappa shape index (κ2) is 12.4. The lowest BCUT2D eigenvalue weighted by Gasteiger charge is -2.26. The predicted octanol–water partition coefficient (Wildman–Crippen LogP) is 6.32. The van der Waals surface area contributed by atoms with Crippen molar-refractivity contribution in [3.63, 3.8) is 0 Å². The van der Waals surface area contributed by atoms with E-state index in [2.05, 4.69) is 52.8 Å². The van der Waals surface area contributed by atoms with E-state index in [0.29, 0.717) is 5.95 Å². The highest BCUT2D eigenvalue weighted by Crippen LogP contribution is 2.33. The van der Waals surface area contributed by atoms with Gasteiger partial charge >= 0.3 is 6.03 Å². The van der Waals surface area contributed by atoms with Gasteiger partial charge in [-0.3, -0.25) is 4.40 Å². The highest BCUT2D eigenvalue weighted by atomic mass is 16.2. The van der Waals surface area contributed by atoms with Crippen LogP contribution in [0.1, 0.15) is 24.8 Å². The third kappa shape index (κ3) is 6.26. The molecule has 2 aromatic carbocycles. The van der Waals surface area contributed by atoms with Gasteiger partial charge in [0.15, 0.2) is 0 Å². The molecule has 0 radical (unpaired) electrons. The lowest BCUT2D eigenvalue weighted by Crippen LogP contribution is -2.38. The topological polar surface area (TPSA) is 90.7 Å². The molecule has 42 heavy (non-hydrogen) atoms. The van der Waals surface area contributed by atoms with Crippen molar-refractivity contribution in [2.45, 2.75) is 25.7 Å². The second-order valence-electron chi connectivity index (χ2n) is 10.9. The Hall–Kier alpha value is -4.76. The Morgan fingerprint density at radius 1 is 0.905 bits per heavy atom. The number of fused-ring (bicyclic) bond motifs is 1. The minimum atomic E-state index is -0.0561. The van der Waals surface area contributed by atoms with Crippen molar-refractivity contribution in [3.8, 4) is 22.6 Å². The van der Waals surface area contributed by atoms with Crippen molar-refractivity contribution >= 4 is 29.0 Å². The first kappa shape index (κ1) is 27.4. The normalized spacial score (nSPS) is 13.5. The quantitative estimate of drug-likeness (QED) is 0.231. The van der Waals surface area contributed by atoms with Crippen molar-refractivity contribution < 1.29 is 4.79 Å².